The maximum Gasteiger partial charge on any atom is 0.244 e. The molecule has 0 spiro atoms. The fourth-order valence-corrected chi connectivity index (χ4v) is 3.53. The van der Waals surface area contributed by atoms with Gasteiger partial charge >= 0.3 is 0 Å². The molecule has 0 radical (unpaired) electrons. The van der Waals surface area contributed by atoms with Gasteiger partial charge in [-0.25, -0.2) is 8.42 Å². The molecular formula is C20H20ClNO2S. The summed E-state index contributed by atoms with van der Waals surface area (Å²) in [6.07, 6.45) is 3.47. The van der Waals surface area contributed by atoms with Gasteiger partial charge in [0.25, 0.3) is 0 Å². The second kappa shape index (κ2) is 9.43. The number of benzene rings is 2. The first kappa shape index (κ1) is 19.3. The van der Waals surface area contributed by atoms with Crippen LogP contribution in [0.25, 0.3) is 0 Å². The van der Waals surface area contributed by atoms with E-state index in [4.69, 9.17) is 11.6 Å². The highest BCUT2D eigenvalue weighted by atomic mass is 35.5. The Labute approximate surface area is 155 Å². The number of sulfonamides is 1. The van der Waals surface area contributed by atoms with E-state index in [1.807, 2.05) is 37.3 Å². The zero-order valence-corrected chi connectivity index (χ0v) is 15.6. The Hall–Kier alpha value is -2.06. The Bertz CT molecular complexity index is 863. The minimum absolute atomic E-state index is 0.109. The number of allylic oxidation sites excluding steroid dienone is 1. The van der Waals surface area contributed by atoms with E-state index in [-0.39, 0.29) is 18.0 Å². The number of hydrogen-bond donors (Lipinski definition) is 0. The van der Waals surface area contributed by atoms with Gasteiger partial charge in [-0.05, 0) is 31.2 Å². The molecule has 2 aromatic rings. The summed E-state index contributed by atoms with van der Waals surface area (Å²) in [6, 6.07) is 16.3. The molecule has 2 rings (SSSR count). The maximum atomic E-state index is 12.9. The molecule has 0 aromatic heterocycles. The van der Waals surface area contributed by atoms with Crippen molar-refractivity contribution in [3.63, 3.8) is 0 Å². The summed E-state index contributed by atoms with van der Waals surface area (Å²) in [7, 11) is -3.62. The number of nitrogens with zero attached hydrogens (tertiary/aromatic N) is 1. The third-order valence-electron chi connectivity index (χ3n) is 3.49. The normalized spacial score (nSPS) is 11.5. The summed E-state index contributed by atoms with van der Waals surface area (Å²) in [5.41, 5.74) is 1.86. The van der Waals surface area contributed by atoms with E-state index in [0.29, 0.717) is 5.88 Å². The Morgan fingerprint density at radius 2 is 1.72 bits per heavy atom. The first-order valence-corrected chi connectivity index (χ1v) is 9.83. The molecule has 0 saturated heterocycles. The monoisotopic (exact) mass is 373 g/mol. The van der Waals surface area contributed by atoms with Crippen LogP contribution in [-0.4, -0.2) is 31.7 Å². The van der Waals surface area contributed by atoms with Gasteiger partial charge in [0, 0.05) is 18.0 Å². The van der Waals surface area contributed by atoms with Crippen molar-refractivity contribution in [1.29, 1.82) is 0 Å². The molecule has 0 atom stereocenters. The number of rotatable bonds is 6. The standard InChI is InChI=1S/C20H20ClNO2S/c1-18-11-13-20(14-12-18)25(23,24)22(16-6-5-15-21)17-7-10-19-8-3-2-4-9-19/h2-6,8-9,11-14H,15-17H2,1H3/b6-5-. The predicted octanol–water partition coefficient (Wildman–Crippen LogP) is 3.83. The smallest absolute Gasteiger partial charge is 0.207 e. The van der Waals surface area contributed by atoms with Crippen molar-refractivity contribution >= 4 is 21.6 Å². The first-order chi connectivity index (χ1) is 12.0. The van der Waals surface area contributed by atoms with Crippen LogP contribution in [0, 0.1) is 18.8 Å². The van der Waals surface area contributed by atoms with Crippen LogP contribution in [0.2, 0.25) is 0 Å². The lowest BCUT2D eigenvalue weighted by molar-refractivity contribution is 0.478. The number of hydrogen-bond acceptors (Lipinski definition) is 2. The lowest BCUT2D eigenvalue weighted by Gasteiger charge is -2.18. The summed E-state index contributed by atoms with van der Waals surface area (Å²) in [5, 5.41) is 0. The van der Waals surface area contributed by atoms with Crippen LogP contribution in [0.3, 0.4) is 0 Å². The van der Waals surface area contributed by atoms with Gasteiger partial charge in [-0.1, -0.05) is 59.9 Å². The van der Waals surface area contributed by atoms with Gasteiger partial charge < -0.3 is 0 Å². The van der Waals surface area contributed by atoms with Crippen molar-refractivity contribution in [2.45, 2.75) is 11.8 Å². The number of alkyl halides is 1. The second-order valence-electron chi connectivity index (χ2n) is 5.40. The zero-order chi connectivity index (χ0) is 18.1. The van der Waals surface area contributed by atoms with Crippen LogP contribution >= 0.6 is 11.6 Å². The quantitative estimate of drug-likeness (QED) is 0.438. The molecule has 0 amide bonds. The molecule has 0 aliphatic carbocycles. The molecule has 0 bridgehead atoms. The lowest BCUT2D eigenvalue weighted by atomic mass is 10.2. The van der Waals surface area contributed by atoms with Crippen LogP contribution in [0.4, 0.5) is 0 Å². The molecule has 2 aromatic carbocycles. The van der Waals surface area contributed by atoms with E-state index < -0.39 is 10.0 Å². The maximum absolute atomic E-state index is 12.9. The van der Waals surface area contributed by atoms with Gasteiger partial charge in [-0.2, -0.15) is 4.31 Å². The highest BCUT2D eigenvalue weighted by molar-refractivity contribution is 7.89. The van der Waals surface area contributed by atoms with Crippen molar-refractivity contribution in [2.24, 2.45) is 0 Å². The average molecular weight is 374 g/mol. The summed E-state index contributed by atoms with van der Waals surface area (Å²) < 4.78 is 27.1. The van der Waals surface area contributed by atoms with Crippen molar-refractivity contribution in [2.75, 3.05) is 19.0 Å². The third kappa shape index (κ3) is 5.75. The van der Waals surface area contributed by atoms with E-state index in [2.05, 4.69) is 11.8 Å². The van der Waals surface area contributed by atoms with Crippen LogP contribution < -0.4 is 0 Å². The average Bonchev–Trinajstić information content (AvgIpc) is 2.62. The Kier molecular flexibility index (Phi) is 7.27. The molecule has 5 heteroatoms. The highest BCUT2D eigenvalue weighted by Gasteiger charge is 2.22. The van der Waals surface area contributed by atoms with Gasteiger partial charge in [0.05, 0.1) is 11.4 Å². The fraction of sp³-hybridized carbons (Fsp3) is 0.200. The van der Waals surface area contributed by atoms with E-state index >= 15 is 0 Å². The van der Waals surface area contributed by atoms with E-state index in [1.165, 1.54) is 4.31 Å². The molecule has 130 valence electrons. The van der Waals surface area contributed by atoms with E-state index in [9.17, 15) is 8.42 Å². The number of halogens is 1. The van der Waals surface area contributed by atoms with Gasteiger partial charge in [0.15, 0.2) is 0 Å². The largest absolute Gasteiger partial charge is 0.244 e. The molecule has 3 nitrogen and oxygen atoms in total. The minimum Gasteiger partial charge on any atom is -0.207 e. The molecule has 0 heterocycles. The second-order valence-corrected chi connectivity index (χ2v) is 7.65. The van der Waals surface area contributed by atoms with Crippen molar-refractivity contribution in [1.82, 2.24) is 4.31 Å². The van der Waals surface area contributed by atoms with E-state index in [1.54, 1.807) is 36.4 Å². The van der Waals surface area contributed by atoms with Crippen LogP contribution in [0.15, 0.2) is 71.6 Å². The van der Waals surface area contributed by atoms with Crippen LogP contribution in [0.1, 0.15) is 11.1 Å². The topological polar surface area (TPSA) is 37.4 Å². The zero-order valence-electron chi connectivity index (χ0n) is 14.0. The molecule has 25 heavy (non-hydrogen) atoms. The third-order valence-corrected chi connectivity index (χ3v) is 5.49. The predicted molar refractivity (Wildman–Crippen MR) is 103 cm³/mol. The Balaban J connectivity index is 2.24. The summed E-state index contributed by atoms with van der Waals surface area (Å²) in [5.74, 6) is 6.28. The van der Waals surface area contributed by atoms with Gasteiger partial charge in [0.2, 0.25) is 10.0 Å². The summed E-state index contributed by atoms with van der Waals surface area (Å²) in [4.78, 5) is 0.263. The summed E-state index contributed by atoms with van der Waals surface area (Å²) in [6.45, 7) is 2.26. The van der Waals surface area contributed by atoms with E-state index in [0.717, 1.165) is 11.1 Å². The molecule has 0 N–H and O–H groups in total. The Morgan fingerprint density at radius 3 is 2.36 bits per heavy atom. The van der Waals surface area contributed by atoms with Crippen LogP contribution in [-0.2, 0) is 10.0 Å². The van der Waals surface area contributed by atoms with Gasteiger partial charge in [-0.3, -0.25) is 0 Å². The van der Waals surface area contributed by atoms with Gasteiger partial charge in [0.1, 0.15) is 0 Å². The molecular weight excluding hydrogens is 354 g/mol. The highest BCUT2D eigenvalue weighted by Crippen LogP contribution is 2.16. The first-order valence-electron chi connectivity index (χ1n) is 7.86. The van der Waals surface area contributed by atoms with Gasteiger partial charge in [-0.15, -0.1) is 11.6 Å². The lowest BCUT2D eigenvalue weighted by Crippen LogP contribution is -2.31. The fourth-order valence-electron chi connectivity index (χ4n) is 2.11. The van der Waals surface area contributed by atoms with Crippen molar-refractivity contribution in [3.05, 3.63) is 77.9 Å². The SMILES string of the molecule is Cc1ccc(S(=O)(=O)N(CC#Cc2ccccc2)C/C=C\CCl)cc1. The van der Waals surface area contributed by atoms with Crippen molar-refractivity contribution < 1.29 is 8.42 Å². The molecule has 0 aliphatic heterocycles. The molecule has 0 saturated carbocycles. The van der Waals surface area contributed by atoms with Crippen molar-refractivity contribution in [3.8, 4) is 11.8 Å². The van der Waals surface area contributed by atoms with Crippen LogP contribution in [0.5, 0.6) is 0 Å². The Morgan fingerprint density at radius 1 is 1.04 bits per heavy atom. The summed E-state index contributed by atoms with van der Waals surface area (Å²) >= 11 is 5.64. The number of aryl methyl sites for hydroxylation is 1. The molecule has 0 unspecified atom stereocenters. The minimum atomic E-state index is -3.62. The molecule has 0 fully saturated rings. The molecule has 0 aliphatic rings.